The maximum Gasteiger partial charge on any atom is 0.335 e. The van der Waals surface area contributed by atoms with Crippen molar-refractivity contribution < 1.29 is 14.3 Å². The van der Waals surface area contributed by atoms with Crippen LogP contribution in [0.15, 0.2) is 24.4 Å². The van der Waals surface area contributed by atoms with Gasteiger partial charge >= 0.3 is 5.97 Å². The molecule has 1 aliphatic rings. The average molecular weight is 235 g/mol. The number of ether oxygens (including phenoxy) is 2. The first-order valence-corrected chi connectivity index (χ1v) is 5.90. The third-order valence-electron chi connectivity index (χ3n) is 2.87. The lowest BCUT2D eigenvalue weighted by Gasteiger charge is -2.14. The third-order valence-corrected chi connectivity index (χ3v) is 2.87. The first-order chi connectivity index (χ1) is 8.31. The fourth-order valence-corrected chi connectivity index (χ4v) is 1.75. The second-order valence-corrected chi connectivity index (χ2v) is 4.22. The van der Waals surface area contributed by atoms with E-state index in [0.29, 0.717) is 12.5 Å². The minimum atomic E-state index is -0.385. The number of hydrogen-bond donors (Lipinski definition) is 0. The van der Waals surface area contributed by atoms with E-state index < -0.39 is 0 Å². The highest BCUT2D eigenvalue weighted by molar-refractivity contribution is 5.75. The lowest BCUT2D eigenvalue weighted by Crippen LogP contribution is -2.28. The van der Waals surface area contributed by atoms with Gasteiger partial charge in [0.05, 0.1) is 13.7 Å². The zero-order valence-electron chi connectivity index (χ0n) is 9.96. The third kappa shape index (κ3) is 3.53. The molecule has 1 aliphatic carbocycles. The minimum Gasteiger partial charge on any atom is -0.467 e. The number of aromatic nitrogens is 1. The highest BCUT2D eigenvalue weighted by Gasteiger charge is 2.37. The molecule has 4 heteroatoms. The van der Waals surface area contributed by atoms with Gasteiger partial charge in [-0.3, -0.25) is 4.98 Å². The Balaban J connectivity index is 1.78. The Morgan fingerprint density at radius 3 is 2.94 bits per heavy atom. The molecule has 92 valence electrons. The molecule has 1 aromatic heterocycles. The Bertz CT molecular complexity index is 362. The molecule has 0 N–H and O–H groups in total. The van der Waals surface area contributed by atoms with Crippen molar-refractivity contribution in [2.45, 2.75) is 25.4 Å². The summed E-state index contributed by atoms with van der Waals surface area (Å²) in [4.78, 5) is 15.7. The second-order valence-electron chi connectivity index (χ2n) is 4.22. The normalized spacial score (nSPS) is 16.5. The summed E-state index contributed by atoms with van der Waals surface area (Å²) in [6, 6.07) is 5.78. The van der Waals surface area contributed by atoms with Crippen LogP contribution in [0.3, 0.4) is 0 Å². The van der Waals surface area contributed by atoms with Gasteiger partial charge in [0.25, 0.3) is 0 Å². The highest BCUT2D eigenvalue weighted by Crippen LogP contribution is 2.34. The molecule has 1 aromatic rings. The molecule has 2 rings (SSSR count). The van der Waals surface area contributed by atoms with Crippen LogP contribution < -0.4 is 0 Å². The van der Waals surface area contributed by atoms with Gasteiger partial charge in [0.1, 0.15) is 0 Å². The molecule has 0 amide bonds. The van der Waals surface area contributed by atoms with Crippen molar-refractivity contribution in [3.05, 3.63) is 30.1 Å². The predicted molar refractivity (Wildman–Crippen MR) is 62.4 cm³/mol. The first kappa shape index (κ1) is 12.0. The van der Waals surface area contributed by atoms with Gasteiger partial charge in [0, 0.05) is 18.3 Å². The molecule has 17 heavy (non-hydrogen) atoms. The van der Waals surface area contributed by atoms with Gasteiger partial charge in [0.2, 0.25) is 0 Å². The van der Waals surface area contributed by atoms with E-state index in [-0.39, 0.29) is 12.1 Å². The van der Waals surface area contributed by atoms with E-state index in [4.69, 9.17) is 9.47 Å². The fraction of sp³-hybridized carbons (Fsp3) is 0.538. The van der Waals surface area contributed by atoms with E-state index >= 15 is 0 Å². The van der Waals surface area contributed by atoms with Crippen LogP contribution in [-0.4, -0.2) is 30.8 Å². The second kappa shape index (κ2) is 5.77. The van der Waals surface area contributed by atoms with Crippen molar-refractivity contribution in [1.29, 1.82) is 0 Å². The Morgan fingerprint density at radius 1 is 1.53 bits per heavy atom. The van der Waals surface area contributed by atoms with Crippen LogP contribution in [0.5, 0.6) is 0 Å². The van der Waals surface area contributed by atoms with E-state index in [0.717, 1.165) is 25.0 Å². The summed E-state index contributed by atoms with van der Waals surface area (Å²) >= 11 is 0. The van der Waals surface area contributed by atoms with Crippen molar-refractivity contribution >= 4 is 5.97 Å². The largest absolute Gasteiger partial charge is 0.467 e. The van der Waals surface area contributed by atoms with Gasteiger partial charge in [-0.1, -0.05) is 6.07 Å². The quantitative estimate of drug-likeness (QED) is 0.703. The van der Waals surface area contributed by atoms with Crippen LogP contribution in [-0.2, 0) is 20.7 Å². The molecule has 0 radical (unpaired) electrons. The number of rotatable bonds is 6. The molecule has 0 aliphatic heterocycles. The predicted octanol–water partition coefficient (Wildman–Crippen LogP) is 1.59. The zero-order valence-corrected chi connectivity index (χ0v) is 9.96. The molecule has 1 atom stereocenters. The van der Waals surface area contributed by atoms with E-state index in [2.05, 4.69) is 4.98 Å². The van der Waals surface area contributed by atoms with Crippen LogP contribution in [0.4, 0.5) is 0 Å². The molecule has 0 bridgehead atoms. The summed E-state index contributed by atoms with van der Waals surface area (Å²) in [5.74, 6) is 0.0969. The number of methoxy groups -OCH3 is 1. The maximum atomic E-state index is 11.5. The molecule has 0 saturated heterocycles. The Kier molecular flexibility index (Phi) is 4.09. The monoisotopic (exact) mass is 235 g/mol. The number of hydrogen-bond acceptors (Lipinski definition) is 4. The van der Waals surface area contributed by atoms with Crippen LogP contribution >= 0.6 is 0 Å². The van der Waals surface area contributed by atoms with E-state index in [1.54, 1.807) is 6.20 Å². The molecular formula is C13H17NO3. The standard InChI is InChI=1S/C13H17NO3/c1-16-13(15)12(10-5-6-10)17-9-7-11-4-2-3-8-14-11/h2-4,8,10,12H,5-7,9H2,1H3. The Labute approximate surface area is 101 Å². The van der Waals surface area contributed by atoms with Gasteiger partial charge in [-0.25, -0.2) is 4.79 Å². The van der Waals surface area contributed by atoms with E-state index in [9.17, 15) is 4.79 Å². The molecule has 4 nitrogen and oxygen atoms in total. The summed E-state index contributed by atoms with van der Waals surface area (Å²) in [5, 5.41) is 0. The molecule has 1 fully saturated rings. The Hall–Kier alpha value is -1.42. The molecular weight excluding hydrogens is 218 g/mol. The van der Waals surface area contributed by atoms with Crippen LogP contribution in [0, 0.1) is 5.92 Å². The maximum absolute atomic E-state index is 11.5. The molecule has 0 spiro atoms. The molecule has 0 aromatic carbocycles. The highest BCUT2D eigenvalue weighted by atomic mass is 16.6. The van der Waals surface area contributed by atoms with E-state index in [1.807, 2.05) is 18.2 Å². The van der Waals surface area contributed by atoms with Crippen LogP contribution in [0.2, 0.25) is 0 Å². The van der Waals surface area contributed by atoms with Crippen LogP contribution in [0.1, 0.15) is 18.5 Å². The van der Waals surface area contributed by atoms with Gasteiger partial charge < -0.3 is 9.47 Å². The lowest BCUT2D eigenvalue weighted by molar-refractivity contribution is -0.155. The summed E-state index contributed by atoms with van der Waals surface area (Å²) < 4.78 is 10.3. The topological polar surface area (TPSA) is 48.4 Å². The number of carbonyl (C=O) groups excluding carboxylic acids is 1. The Morgan fingerprint density at radius 2 is 2.35 bits per heavy atom. The van der Waals surface area contributed by atoms with Crippen molar-refractivity contribution in [2.75, 3.05) is 13.7 Å². The van der Waals surface area contributed by atoms with Crippen molar-refractivity contribution in [2.24, 2.45) is 5.92 Å². The summed E-state index contributed by atoms with van der Waals surface area (Å²) in [6.07, 6.45) is 4.21. The molecule has 1 heterocycles. The fourth-order valence-electron chi connectivity index (χ4n) is 1.75. The number of nitrogens with zero attached hydrogens (tertiary/aromatic N) is 1. The van der Waals surface area contributed by atoms with Gasteiger partial charge in [0.15, 0.2) is 6.10 Å². The van der Waals surface area contributed by atoms with Crippen molar-refractivity contribution in [1.82, 2.24) is 4.98 Å². The summed E-state index contributed by atoms with van der Waals surface area (Å²) in [7, 11) is 1.40. The first-order valence-electron chi connectivity index (χ1n) is 5.90. The average Bonchev–Trinajstić information content (AvgIpc) is 3.19. The molecule has 1 saturated carbocycles. The van der Waals surface area contributed by atoms with Crippen molar-refractivity contribution in [3.8, 4) is 0 Å². The number of esters is 1. The SMILES string of the molecule is COC(=O)C(OCCc1ccccn1)C1CC1. The van der Waals surface area contributed by atoms with Gasteiger partial charge in [-0.15, -0.1) is 0 Å². The van der Waals surface area contributed by atoms with E-state index in [1.165, 1.54) is 7.11 Å². The lowest BCUT2D eigenvalue weighted by atomic mass is 10.2. The zero-order chi connectivity index (χ0) is 12.1. The molecule has 1 unspecified atom stereocenters. The smallest absolute Gasteiger partial charge is 0.335 e. The van der Waals surface area contributed by atoms with Crippen LogP contribution in [0.25, 0.3) is 0 Å². The number of carbonyl (C=O) groups is 1. The van der Waals surface area contributed by atoms with Gasteiger partial charge in [-0.05, 0) is 30.9 Å². The minimum absolute atomic E-state index is 0.256. The number of pyridine rings is 1. The summed E-state index contributed by atoms with van der Waals surface area (Å²) in [5.41, 5.74) is 0.979. The van der Waals surface area contributed by atoms with Crippen molar-refractivity contribution in [3.63, 3.8) is 0 Å². The summed E-state index contributed by atoms with van der Waals surface area (Å²) in [6.45, 7) is 0.507. The van der Waals surface area contributed by atoms with Gasteiger partial charge in [-0.2, -0.15) is 0 Å².